The van der Waals surface area contributed by atoms with Crippen LogP contribution in [-0.4, -0.2) is 71.2 Å². The minimum absolute atomic E-state index is 0.117. The molecule has 0 fully saturated rings. The Bertz CT molecular complexity index is 1560. The number of nitrogens with zero attached hydrogens (tertiary/aromatic N) is 2. The van der Waals surface area contributed by atoms with Gasteiger partial charge in [0.25, 0.3) is 11.8 Å². The SMILES string of the molecule is CN(C)CCCn1cc(C2=C(c3c[nH]c4c(C(=O)OCCO)cccc34)C(=O)NC2=O)c2ccccc21. The van der Waals surface area contributed by atoms with Crippen LogP contribution in [0.25, 0.3) is 33.0 Å². The Hall–Kier alpha value is -4.21. The van der Waals surface area contributed by atoms with Crippen LogP contribution < -0.4 is 5.32 Å². The summed E-state index contributed by atoms with van der Waals surface area (Å²) in [6.45, 7) is 1.29. The molecule has 3 heterocycles. The van der Waals surface area contributed by atoms with Gasteiger partial charge in [-0.15, -0.1) is 0 Å². The molecule has 0 saturated carbocycles. The lowest BCUT2D eigenvalue weighted by atomic mass is 9.95. The summed E-state index contributed by atoms with van der Waals surface area (Å²) in [5.41, 5.74) is 3.53. The van der Waals surface area contributed by atoms with Crippen molar-refractivity contribution in [3.8, 4) is 0 Å². The van der Waals surface area contributed by atoms with Crippen LogP contribution in [0.3, 0.4) is 0 Å². The molecule has 2 aromatic heterocycles. The number of hydrogen-bond acceptors (Lipinski definition) is 6. The Morgan fingerprint density at radius 1 is 1.00 bits per heavy atom. The Balaban J connectivity index is 1.66. The lowest BCUT2D eigenvalue weighted by Gasteiger charge is -2.10. The van der Waals surface area contributed by atoms with Gasteiger partial charge in [-0.3, -0.25) is 14.9 Å². The fraction of sp³-hybridized carbons (Fsp3) is 0.250. The third-order valence-corrected chi connectivity index (χ3v) is 6.52. The van der Waals surface area contributed by atoms with E-state index in [1.165, 1.54) is 0 Å². The summed E-state index contributed by atoms with van der Waals surface area (Å²) in [5.74, 6) is -1.53. The molecule has 3 N–H and O–H groups in total. The van der Waals surface area contributed by atoms with E-state index in [0.717, 1.165) is 30.4 Å². The van der Waals surface area contributed by atoms with E-state index in [1.54, 1.807) is 24.4 Å². The minimum atomic E-state index is -0.588. The first-order valence-electron chi connectivity index (χ1n) is 12.1. The van der Waals surface area contributed by atoms with Gasteiger partial charge in [-0.25, -0.2) is 4.79 Å². The molecule has 0 spiro atoms. The Morgan fingerprint density at radius 3 is 2.49 bits per heavy atom. The van der Waals surface area contributed by atoms with Crippen LogP contribution in [0.15, 0.2) is 54.9 Å². The number of aryl methyl sites for hydroxylation is 1. The Morgan fingerprint density at radius 2 is 1.73 bits per heavy atom. The van der Waals surface area contributed by atoms with Gasteiger partial charge in [0.2, 0.25) is 0 Å². The molecule has 0 saturated heterocycles. The van der Waals surface area contributed by atoms with E-state index in [2.05, 4.69) is 19.8 Å². The number of para-hydroxylation sites is 2. The normalized spacial score (nSPS) is 13.8. The summed E-state index contributed by atoms with van der Waals surface area (Å²) >= 11 is 0. The van der Waals surface area contributed by atoms with Crippen LogP contribution in [0.5, 0.6) is 0 Å². The minimum Gasteiger partial charge on any atom is -0.460 e. The average Bonchev–Trinajstić information content (AvgIpc) is 3.55. The summed E-state index contributed by atoms with van der Waals surface area (Å²) in [6.07, 6.45) is 4.51. The quantitative estimate of drug-likeness (QED) is 0.240. The zero-order valence-corrected chi connectivity index (χ0v) is 20.7. The number of imide groups is 1. The van der Waals surface area contributed by atoms with E-state index in [0.29, 0.717) is 27.6 Å². The summed E-state index contributed by atoms with van der Waals surface area (Å²) in [7, 11) is 4.06. The number of hydrogen-bond donors (Lipinski definition) is 3. The van der Waals surface area contributed by atoms with Crippen molar-refractivity contribution in [2.75, 3.05) is 33.9 Å². The van der Waals surface area contributed by atoms with Crippen molar-refractivity contribution in [3.05, 3.63) is 71.5 Å². The number of carbonyl (C=O) groups excluding carboxylic acids is 3. The largest absolute Gasteiger partial charge is 0.460 e. The van der Waals surface area contributed by atoms with Crippen molar-refractivity contribution in [1.82, 2.24) is 19.8 Å². The fourth-order valence-electron chi connectivity index (χ4n) is 4.90. The molecule has 9 heteroatoms. The highest BCUT2D eigenvalue weighted by Gasteiger charge is 2.35. The Kier molecular flexibility index (Phi) is 6.64. The van der Waals surface area contributed by atoms with Gasteiger partial charge in [0, 0.05) is 46.4 Å². The standard InChI is InChI=1S/C28H28N4O5/c1-31(2)11-6-12-32-16-21(17-7-3-4-10-22(17)32)24-23(26(34)30-27(24)35)20-15-29-25-18(20)8-5-9-19(25)28(36)37-14-13-33/h3-5,7-10,15-16,29,33H,6,11-14H2,1-2H3,(H,30,34,35). The third kappa shape index (κ3) is 4.43. The summed E-state index contributed by atoms with van der Waals surface area (Å²) < 4.78 is 7.21. The molecule has 9 nitrogen and oxygen atoms in total. The topological polar surface area (TPSA) is 117 Å². The molecule has 190 valence electrons. The molecular formula is C28H28N4O5. The molecule has 0 aliphatic carbocycles. The molecule has 0 bridgehead atoms. The monoisotopic (exact) mass is 500 g/mol. The predicted octanol–water partition coefficient (Wildman–Crippen LogP) is 2.79. The van der Waals surface area contributed by atoms with E-state index in [-0.39, 0.29) is 24.4 Å². The van der Waals surface area contributed by atoms with E-state index in [9.17, 15) is 14.4 Å². The first kappa shape index (κ1) is 24.5. The number of aliphatic hydroxyl groups excluding tert-OH is 1. The summed E-state index contributed by atoms with van der Waals surface area (Å²) in [4.78, 5) is 44.0. The van der Waals surface area contributed by atoms with Crippen LogP contribution in [0, 0.1) is 0 Å². The lowest BCUT2D eigenvalue weighted by molar-refractivity contribution is -0.122. The average molecular weight is 501 g/mol. The first-order chi connectivity index (χ1) is 17.9. The number of H-pyrrole nitrogens is 1. The van der Waals surface area contributed by atoms with Gasteiger partial charge >= 0.3 is 5.97 Å². The number of rotatable bonds is 9. The van der Waals surface area contributed by atoms with Gasteiger partial charge in [0.15, 0.2) is 0 Å². The van der Waals surface area contributed by atoms with E-state index >= 15 is 0 Å². The molecule has 4 aromatic rings. The Labute approximate surface area is 213 Å². The molecule has 0 unspecified atom stereocenters. The smallest absolute Gasteiger partial charge is 0.340 e. The number of esters is 1. The number of aromatic amines is 1. The second-order valence-corrected chi connectivity index (χ2v) is 9.23. The second-order valence-electron chi connectivity index (χ2n) is 9.23. The van der Waals surface area contributed by atoms with E-state index in [1.807, 2.05) is 44.6 Å². The number of carbonyl (C=O) groups is 3. The second kappa shape index (κ2) is 10.0. The summed E-state index contributed by atoms with van der Waals surface area (Å²) in [6, 6.07) is 12.9. The maximum atomic E-state index is 13.2. The van der Waals surface area contributed by atoms with Gasteiger partial charge in [-0.2, -0.15) is 0 Å². The van der Waals surface area contributed by atoms with Gasteiger partial charge in [0.1, 0.15) is 6.61 Å². The van der Waals surface area contributed by atoms with Gasteiger partial charge < -0.3 is 24.3 Å². The molecule has 0 radical (unpaired) electrons. The molecule has 2 aromatic carbocycles. The summed E-state index contributed by atoms with van der Waals surface area (Å²) in [5, 5.41) is 13.0. The van der Waals surface area contributed by atoms with Crippen molar-refractivity contribution in [1.29, 1.82) is 0 Å². The molecule has 2 amide bonds. The van der Waals surface area contributed by atoms with Crippen molar-refractivity contribution in [2.45, 2.75) is 13.0 Å². The molecule has 37 heavy (non-hydrogen) atoms. The highest BCUT2D eigenvalue weighted by Crippen LogP contribution is 2.38. The number of amides is 2. The van der Waals surface area contributed by atoms with Crippen molar-refractivity contribution in [2.24, 2.45) is 0 Å². The van der Waals surface area contributed by atoms with Crippen molar-refractivity contribution < 1.29 is 24.2 Å². The van der Waals surface area contributed by atoms with Crippen LogP contribution >= 0.6 is 0 Å². The van der Waals surface area contributed by atoms with Crippen molar-refractivity contribution in [3.63, 3.8) is 0 Å². The van der Waals surface area contributed by atoms with Crippen LogP contribution in [0.4, 0.5) is 0 Å². The fourth-order valence-corrected chi connectivity index (χ4v) is 4.90. The molecule has 5 rings (SSSR count). The van der Waals surface area contributed by atoms with Crippen LogP contribution in [0.2, 0.25) is 0 Å². The van der Waals surface area contributed by atoms with Gasteiger partial charge in [-0.1, -0.05) is 30.3 Å². The molecule has 0 atom stereocenters. The number of nitrogens with one attached hydrogen (secondary N) is 2. The number of ether oxygens (including phenoxy) is 1. The highest BCUT2D eigenvalue weighted by atomic mass is 16.5. The maximum Gasteiger partial charge on any atom is 0.340 e. The first-order valence-corrected chi connectivity index (χ1v) is 12.1. The van der Waals surface area contributed by atoms with Gasteiger partial charge in [0.05, 0.1) is 28.8 Å². The highest BCUT2D eigenvalue weighted by molar-refractivity contribution is 6.50. The maximum absolute atomic E-state index is 13.2. The van der Waals surface area contributed by atoms with Crippen LogP contribution in [0.1, 0.15) is 27.9 Å². The lowest BCUT2D eigenvalue weighted by Crippen LogP contribution is -2.22. The zero-order valence-electron chi connectivity index (χ0n) is 20.7. The molecular weight excluding hydrogens is 472 g/mol. The van der Waals surface area contributed by atoms with E-state index in [4.69, 9.17) is 9.84 Å². The van der Waals surface area contributed by atoms with Crippen LogP contribution in [-0.2, 0) is 20.9 Å². The molecule has 1 aliphatic heterocycles. The number of aliphatic hydroxyl groups is 1. The van der Waals surface area contributed by atoms with E-state index < -0.39 is 17.8 Å². The predicted molar refractivity (Wildman–Crippen MR) is 141 cm³/mol. The number of fused-ring (bicyclic) bond motifs is 2. The van der Waals surface area contributed by atoms with Gasteiger partial charge in [-0.05, 0) is 39.2 Å². The molecule has 1 aliphatic rings. The number of aromatic nitrogens is 2. The number of benzene rings is 2. The third-order valence-electron chi connectivity index (χ3n) is 6.52. The van der Waals surface area contributed by atoms with Crippen molar-refractivity contribution >= 4 is 50.7 Å². The zero-order chi connectivity index (χ0) is 26.1.